The summed E-state index contributed by atoms with van der Waals surface area (Å²) in [5, 5.41) is 13.2. The highest BCUT2D eigenvalue weighted by Crippen LogP contribution is 2.31. The first-order valence-corrected chi connectivity index (χ1v) is 8.71. The molecule has 0 saturated heterocycles. The molecule has 9 heteroatoms. The molecule has 3 aromatic heterocycles. The smallest absolute Gasteiger partial charge is 0.261 e. The molecule has 1 aliphatic rings. The van der Waals surface area contributed by atoms with E-state index in [9.17, 15) is 0 Å². The molecular weight excluding hydrogens is 352 g/mol. The lowest BCUT2D eigenvalue weighted by molar-refractivity contribution is 0.172. The minimum Gasteiger partial charge on any atom is -0.475 e. The summed E-state index contributed by atoms with van der Waals surface area (Å²) in [5.74, 6) is 0.830. The Morgan fingerprint density at radius 1 is 1.35 bits per heavy atom. The number of aromatic nitrogens is 5. The fraction of sp³-hybridized carbons (Fsp3) is 0.176. The molecule has 130 valence electrons. The van der Waals surface area contributed by atoms with Crippen LogP contribution in [-0.2, 0) is 4.84 Å². The number of hydrogen-bond donors (Lipinski definition) is 0. The Balaban J connectivity index is 1.67. The van der Waals surface area contributed by atoms with Crippen LogP contribution in [0.25, 0.3) is 21.3 Å². The Morgan fingerprint density at radius 3 is 3.15 bits per heavy atom. The molecule has 4 rings (SSSR count). The lowest BCUT2D eigenvalue weighted by atomic mass is 10.2. The summed E-state index contributed by atoms with van der Waals surface area (Å²) in [5.41, 5.74) is 2.17. The van der Waals surface area contributed by atoms with E-state index in [0.717, 1.165) is 15.4 Å². The molecule has 0 bridgehead atoms. The molecule has 1 aliphatic heterocycles. The van der Waals surface area contributed by atoms with Crippen molar-refractivity contribution in [2.24, 2.45) is 5.16 Å². The van der Waals surface area contributed by atoms with Crippen LogP contribution in [0.15, 0.2) is 48.5 Å². The van der Waals surface area contributed by atoms with E-state index in [0.29, 0.717) is 42.7 Å². The summed E-state index contributed by atoms with van der Waals surface area (Å²) in [6.07, 6.45) is 7.44. The number of oxime groups is 1. The van der Waals surface area contributed by atoms with Crippen LogP contribution in [0.3, 0.4) is 0 Å². The largest absolute Gasteiger partial charge is 0.475 e. The summed E-state index contributed by atoms with van der Waals surface area (Å²) >= 11 is 1.47. The van der Waals surface area contributed by atoms with Gasteiger partial charge < -0.3 is 9.57 Å². The van der Waals surface area contributed by atoms with Gasteiger partial charge in [-0.2, -0.15) is 0 Å². The number of hydrogen-bond acceptors (Lipinski definition) is 9. The third-order valence-electron chi connectivity index (χ3n) is 3.51. The number of nitrogens with zero attached hydrogens (tertiary/aromatic N) is 6. The van der Waals surface area contributed by atoms with Crippen LogP contribution in [0, 0.1) is 0 Å². The van der Waals surface area contributed by atoms with Crippen molar-refractivity contribution in [3.05, 3.63) is 49.1 Å². The molecule has 8 nitrogen and oxygen atoms in total. The summed E-state index contributed by atoms with van der Waals surface area (Å²) in [6, 6.07) is 3.83. The van der Waals surface area contributed by atoms with Crippen LogP contribution in [0.5, 0.6) is 5.88 Å². The van der Waals surface area contributed by atoms with Crippen molar-refractivity contribution in [3.8, 4) is 27.2 Å². The molecule has 0 atom stereocenters. The van der Waals surface area contributed by atoms with E-state index in [1.807, 2.05) is 12.1 Å². The fourth-order valence-corrected chi connectivity index (χ4v) is 3.16. The number of ether oxygens (including phenoxy) is 1. The summed E-state index contributed by atoms with van der Waals surface area (Å²) < 4.78 is 5.51. The van der Waals surface area contributed by atoms with E-state index in [2.05, 4.69) is 36.9 Å². The van der Waals surface area contributed by atoms with E-state index in [4.69, 9.17) is 9.57 Å². The minimum absolute atomic E-state index is 0.328. The van der Waals surface area contributed by atoms with E-state index in [1.54, 1.807) is 24.7 Å². The van der Waals surface area contributed by atoms with Crippen LogP contribution < -0.4 is 4.74 Å². The predicted octanol–water partition coefficient (Wildman–Crippen LogP) is 2.75. The van der Waals surface area contributed by atoms with Gasteiger partial charge in [0.15, 0.2) is 11.5 Å². The number of fused-ring (bicyclic) bond motifs is 1. The quantitative estimate of drug-likeness (QED) is 0.389. The molecule has 0 aromatic carbocycles. The Kier molecular flexibility index (Phi) is 4.61. The molecule has 3 aromatic rings. The van der Waals surface area contributed by atoms with Gasteiger partial charge in [0.2, 0.25) is 0 Å². The lowest BCUT2D eigenvalue weighted by Crippen LogP contribution is -2.20. The zero-order valence-electron chi connectivity index (χ0n) is 13.7. The van der Waals surface area contributed by atoms with Gasteiger partial charge in [-0.05, 0) is 12.1 Å². The van der Waals surface area contributed by atoms with E-state index < -0.39 is 0 Å². The highest BCUT2D eigenvalue weighted by molar-refractivity contribution is 7.18. The Hall–Kier alpha value is -3.20. The second kappa shape index (κ2) is 7.36. The van der Waals surface area contributed by atoms with Gasteiger partial charge in [-0.1, -0.05) is 17.8 Å². The van der Waals surface area contributed by atoms with Gasteiger partial charge in [0.05, 0.1) is 11.5 Å². The summed E-state index contributed by atoms with van der Waals surface area (Å²) in [7, 11) is 0. The molecule has 0 amide bonds. The Bertz CT molecular complexity index is 957. The predicted molar refractivity (Wildman–Crippen MR) is 97.0 cm³/mol. The number of pyridine rings is 1. The first kappa shape index (κ1) is 16.3. The second-order valence-electron chi connectivity index (χ2n) is 5.28. The first-order chi connectivity index (χ1) is 12.8. The second-order valence-corrected chi connectivity index (χ2v) is 6.31. The lowest BCUT2D eigenvalue weighted by Gasteiger charge is -2.16. The molecule has 0 unspecified atom stereocenters. The molecule has 0 spiro atoms. The average molecular weight is 366 g/mol. The van der Waals surface area contributed by atoms with Crippen molar-refractivity contribution < 1.29 is 9.57 Å². The molecule has 0 aliphatic carbocycles. The van der Waals surface area contributed by atoms with Crippen molar-refractivity contribution >= 4 is 17.0 Å². The molecule has 4 heterocycles. The van der Waals surface area contributed by atoms with Crippen molar-refractivity contribution in [1.29, 1.82) is 0 Å². The molecular formula is C17H14N6O2S. The molecule has 0 saturated carbocycles. The molecule has 0 radical (unpaired) electrons. The molecule has 0 fully saturated rings. The minimum atomic E-state index is 0.328. The van der Waals surface area contributed by atoms with Crippen LogP contribution in [0.1, 0.15) is 12.1 Å². The topological polar surface area (TPSA) is 95.3 Å². The van der Waals surface area contributed by atoms with Crippen molar-refractivity contribution in [2.75, 3.05) is 13.2 Å². The highest BCUT2D eigenvalue weighted by atomic mass is 32.1. The van der Waals surface area contributed by atoms with Gasteiger partial charge in [0, 0.05) is 30.6 Å². The number of thiazole rings is 1. The monoisotopic (exact) mass is 366 g/mol. The van der Waals surface area contributed by atoms with Gasteiger partial charge in [0.1, 0.15) is 17.3 Å². The normalized spacial score (nSPS) is 14.5. The summed E-state index contributed by atoms with van der Waals surface area (Å²) in [6.45, 7) is 4.39. The van der Waals surface area contributed by atoms with E-state index in [-0.39, 0.29) is 0 Å². The van der Waals surface area contributed by atoms with Gasteiger partial charge in [-0.15, -0.1) is 21.5 Å². The van der Waals surface area contributed by atoms with Crippen LogP contribution in [0.4, 0.5) is 0 Å². The molecule has 0 N–H and O–H groups in total. The maximum absolute atomic E-state index is 5.51. The van der Waals surface area contributed by atoms with Crippen LogP contribution in [-0.4, -0.2) is 44.1 Å². The van der Waals surface area contributed by atoms with Gasteiger partial charge in [-0.25, -0.2) is 9.97 Å². The zero-order valence-corrected chi connectivity index (χ0v) is 14.5. The Morgan fingerprint density at radius 2 is 2.31 bits per heavy atom. The maximum atomic E-state index is 5.51. The molecule has 26 heavy (non-hydrogen) atoms. The standard InChI is InChI=1S/C17H14N6O2S/c1-2-7-25-23-12-5-8-24-16-14(12)20-15(21-22-16)13-10-19-17(26-13)11-4-3-6-18-9-11/h2-4,6,9-10H,1,5,7-8H2/b23-12+. The summed E-state index contributed by atoms with van der Waals surface area (Å²) in [4.78, 5) is 19.1. The maximum Gasteiger partial charge on any atom is 0.261 e. The third-order valence-corrected chi connectivity index (χ3v) is 4.55. The van der Waals surface area contributed by atoms with E-state index in [1.165, 1.54) is 11.3 Å². The van der Waals surface area contributed by atoms with Gasteiger partial charge >= 0.3 is 0 Å². The van der Waals surface area contributed by atoms with Crippen LogP contribution >= 0.6 is 11.3 Å². The van der Waals surface area contributed by atoms with Crippen molar-refractivity contribution in [2.45, 2.75) is 6.42 Å². The average Bonchev–Trinajstić information content (AvgIpc) is 3.19. The first-order valence-electron chi connectivity index (χ1n) is 7.89. The van der Waals surface area contributed by atoms with Gasteiger partial charge in [-0.3, -0.25) is 4.98 Å². The fourth-order valence-electron chi connectivity index (χ4n) is 2.33. The van der Waals surface area contributed by atoms with Crippen molar-refractivity contribution in [3.63, 3.8) is 0 Å². The van der Waals surface area contributed by atoms with E-state index >= 15 is 0 Å². The zero-order chi connectivity index (χ0) is 17.8. The SMILES string of the molecule is C=CCO/N=C1\CCOc2nnc(-c3cnc(-c4cccnc4)s3)nc21. The third kappa shape index (κ3) is 3.29. The van der Waals surface area contributed by atoms with Crippen LogP contribution in [0.2, 0.25) is 0 Å². The number of rotatable bonds is 5. The van der Waals surface area contributed by atoms with Gasteiger partial charge in [0.25, 0.3) is 5.88 Å². The Labute approximate surface area is 153 Å². The highest BCUT2D eigenvalue weighted by Gasteiger charge is 2.23. The van der Waals surface area contributed by atoms with Crippen molar-refractivity contribution in [1.82, 2.24) is 25.1 Å².